The minimum atomic E-state index is 0.0372. The lowest BCUT2D eigenvalue weighted by Crippen LogP contribution is -2.35. The zero-order chi connectivity index (χ0) is 15.9. The van der Waals surface area contributed by atoms with Gasteiger partial charge >= 0.3 is 0 Å². The summed E-state index contributed by atoms with van der Waals surface area (Å²) in [5.41, 5.74) is 1.25. The molecule has 120 valence electrons. The average molecular weight is 320 g/mol. The zero-order valence-corrected chi connectivity index (χ0v) is 14.4. The van der Waals surface area contributed by atoms with Crippen LogP contribution in [-0.4, -0.2) is 63.2 Å². The third-order valence-electron chi connectivity index (χ3n) is 3.59. The Balaban J connectivity index is 1.68. The molecule has 0 aliphatic heterocycles. The summed E-state index contributed by atoms with van der Waals surface area (Å²) in [5.74, 6) is 0.0372. The number of amides is 1. The summed E-state index contributed by atoms with van der Waals surface area (Å²) in [6, 6.07) is 8.61. The van der Waals surface area contributed by atoms with Crippen LogP contribution in [0.3, 0.4) is 0 Å². The average Bonchev–Trinajstić information content (AvgIpc) is 2.96. The van der Waals surface area contributed by atoms with Gasteiger partial charge in [0.2, 0.25) is 5.91 Å². The molecule has 4 nitrogen and oxygen atoms in total. The normalized spacial score (nSPS) is 11.3. The van der Waals surface area contributed by atoms with Gasteiger partial charge in [0.1, 0.15) is 6.61 Å². The topological polar surface area (TPSA) is 32.8 Å². The molecule has 0 unspecified atom stereocenters. The first-order chi connectivity index (χ1) is 10.6. The van der Waals surface area contributed by atoms with E-state index >= 15 is 0 Å². The largest absolute Gasteiger partial charge is 0.371 e. The van der Waals surface area contributed by atoms with Gasteiger partial charge in [0, 0.05) is 24.8 Å². The number of carbonyl (C=O) groups excluding carboxylic acids is 1. The maximum absolute atomic E-state index is 11.9. The minimum Gasteiger partial charge on any atom is -0.371 e. The summed E-state index contributed by atoms with van der Waals surface area (Å²) in [6.07, 6.45) is 0.834. The van der Waals surface area contributed by atoms with Crippen molar-refractivity contribution in [1.82, 2.24) is 9.80 Å². The quantitative estimate of drug-likeness (QED) is 0.701. The first kappa shape index (κ1) is 16.9. The van der Waals surface area contributed by atoms with E-state index in [1.807, 2.05) is 21.1 Å². The molecule has 1 aromatic carbocycles. The molecule has 0 N–H and O–H groups in total. The predicted octanol–water partition coefficient (Wildman–Crippen LogP) is 2.48. The lowest BCUT2D eigenvalue weighted by Gasteiger charge is -2.19. The number of likely N-dealkylation sites (N-methyl/N-ethyl adjacent to an activating group) is 2. The lowest BCUT2D eigenvalue weighted by molar-refractivity contribution is -0.134. The van der Waals surface area contributed by atoms with Crippen LogP contribution in [0.2, 0.25) is 0 Å². The second-order valence-corrected chi connectivity index (χ2v) is 6.66. The molecule has 0 saturated heterocycles. The third-order valence-corrected chi connectivity index (χ3v) is 4.48. The molecule has 0 spiro atoms. The van der Waals surface area contributed by atoms with E-state index in [-0.39, 0.29) is 12.5 Å². The van der Waals surface area contributed by atoms with Crippen molar-refractivity contribution in [2.24, 2.45) is 0 Å². The van der Waals surface area contributed by atoms with Crippen LogP contribution in [-0.2, 0) is 16.0 Å². The highest BCUT2D eigenvalue weighted by Crippen LogP contribution is 2.21. The Morgan fingerprint density at radius 1 is 1.18 bits per heavy atom. The van der Waals surface area contributed by atoms with E-state index in [9.17, 15) is 4.79 Å². The molecular formula is C17H24N2O2S. The van der Waals surface area contributed by atoms with Crippen LogP contribution in [0.5, 0.6) is 0 Å². The molecule has 0 fully saturated rings. The molecule has 0 atom stereocenters. The van der Waals surface area contributed by atoms with E-state index in [1.54, 1.807) is 16.2 Å². The minimum absolute atomic E-state index is 0.0372. The first-order valence-electron chi connectivity index (χ1n) is 7.49. The number of ether oxygens (including phenoxy) is 1. The Morgan fingerprint density at radius 3 is 2.77 bits per heavy atom. The number of hydrogen-bond donors (Lipinski definition) is 0. The van der Waals surface area contributed by atoms with Crippen molar-refractivity contribution >= 4 is 27.3 Å². The highest BCUT2D eigenvalue weighted by molar-refractivity contribution is 7.17. The summed E-state index contributed by atoms with van der Waals surface area (Å²) in [5, 5.41) is 3.38. The van der Waals surface area contributed by atoms with Crippen molar-refractivity contribution in [3.05, 3.63) is 35.2 Å². The van der Waals surface area contributed by atoms with Gasteiger partial charge in [0.05, 0.1) is 6.61 Å². The van der Waals surface area contributed by atoms with Crippen LogP contribution in [0.25, 0.3) is 10.1 Å². The zero-order valence-electron chi connectivity index (χ0n) is 13.5. The fourth-order valence-electron chi connectivity index (χ4n) is 2.11. The first-order valence-corrected chi connectivity index (χ1v) is 8.37. The molecule has 1 amide bonds. The monoisotopic (exact) mass is 320 g/mol. The van der Waals surface area contributed by atoms with E-state index in [0.29, 0.717) is 6.61 Å². The van der Waals surface area contributed by atoms with Gasteiger partial charge in [-0.15, -0.1) is 11.3 Å². The molecule has 5 heteroatoms. The number of fused-ring (bicyclic) bond motifs is 1. The third kappa shape index (κ3) is 5.09. The second kappa shape index (κ2) is 8.27. The molecule has 1 heterocycles. The Morgan fingerprint density at radius 2 is 2.00 bits per heavy atom. The molecule has 0 saturated carbocycles. The molecule has 0 radical (unpaired) electrons. The number of thiophene rings is 1. The van der Waals surface area contributed by atoms with Crippen molar-refractivity contribution in [2.75, 3.05) is 47.4 Å². The highest BCUT2D eigenvalue weighted by Gasteiger charge is 2.08. The van der Waals surface area contributed by atoms with E-state index in [2.05, 4.69) is 34.5 Å². The van der Waals surface area contributed by atoms with Crippen LogP contribution in [0, 0.1) is 0 Å². The maximum atomic E-state index is 11.9. The van der Waals surface area contributed by atoms with Gasteiger partial charge in [0.15, 0.2) is 0 Å². The number of carbonyl (C=O) groups is 1. The van der Waals surface area contributed by atoms with E-state index in [0.717, 1.165) is 19.5 Å². The Kier molecular flexibility index (Phi) is 6.36. The molecule has 0 bridgehead atoms. The Hall–Kier alpha value is -1.43. The van der Waals surface area contributed by atoms with Crippen LogP contribution < -0.4 is 0 Å². The van der Waals surface area contributed by atoms with Crippen molar-refractivity contribution < 1.29 is 9.53 Å². The summed E-state index contributed by atoms with van der Waals surface area (Å²) in [4.78, 5) is 15.7. The Bertz CT molecular complexity index is 609. The molecule has 22 heavy (non-hydrogen) atoms. The van der Waals surface area contributed by atoms with Crippen LogP contribution in [0.15, 0.2) is 29.6 Å². The van der Waals surface area contributed by atoms with Gasteiger partial charge in [-0.05, 0) is 49.0 Å². The van der Waals surface area contributed by atoms with Crippen LogP contribution in [0.4, 0.5) is 0 Å². The maximum Gasteiger partial charge on any atom is 0.248 e. The van der Waals surface area contributed by atoms with Gasteiger partial charge in [-0.2, -0.15) is 0 Å². The van der Waals surface area contributed by atoms with Gasteiger partial charge in [-0.3, -0.25) is 4.79 Å². The molecule has 0 aliphatic carbocycles. The SMILES string of the molecule is CN(C)CCN(C)C(=O)COCCc1ccc2sccc2c1. The van der Waals surface area contributed by atoms with Crippen molar-refractivity contribution in [3.63, 3.8) is 0 Å². The van der Waals surface area contributed by atoms with E-state index in [1.165, 1.54) is 15.6 Å². The number of rotatable bonds is 8. The molecule has 1 aromatic heterocycles. The molecule has 2 aromatic rings. The molecule has 0 aliphatic rings. The predicted molar refractivity (Wildman–Crippen MR) is 92.5 cm³/mol. The van der Waals surface area contributed by atoms with Gasteiger partial charge in [0.25, 0.3) is 0 Å². The summed E-state index contributed by atoms with van der Waals surface area (Å²) >= 11 is 1.75. The van der Waals surface area contributed by atoms with Gasteiger partial charge in [-0.25, -0.2) is 0 Å². The van der Waals surface area contributed by atoms with Gasteiger partial charge < -0.3 is 14.5 Å². The number of benzene rings is 1. The van der Waals surface area contributed by atoms with Crippen LogP contribution >= 0.6 is 11.3 Å². The fraction of sp³-hybridized carbons (Fsp3) is 0.471. The Labute approximate surface area is 136 Å². The van der Waals surface area contributed by atoms with E-state index in [4.69, 9.17) is 4.74 Å². The van der Waals surface area contributed by atoms with Crippen molar-refractivity contribution in [1.29, 1.82) is 0 Å². The second-order valence-electron chi connectivity index (χ2n) is 5.71. The molecule has 2 rings (SSSR count). The van der Waals surface area contributed by atoms with Crippen LogP contribution in [0.1, 0.15) is 5.56 Å². The van der Waals surface area contributed by atoms with E-state index < -0.39 is 0 Å². The fourth-order valence-corrected chi connectivity index (χ4v) is 2.88. The number of hydrogen-bond acceptors (Lipinski definition) is 4. The summed E-state index contributed by atoms with van der Waals surface area (Å²) < 4.78 is 6.83. The summed E-state index contributed by atoms with van der Waals surface area (Å²) in [6.45, 7) is 2.32. The molecular weight excluding hydrogens is 296 g/mol. The van der Waals surface area contributed by atoms with Crippen molar-refractivity contribution in [2.45, 2.75) is 6.42 Å². The lowest BCUT2D eigenvalue weighted by atomic mass is 10.1. The highest BCUT2D eigenvalue weighted by atomic mass is 32.1. The van der Waals surface area contributed by atoms with Gasteiger partial charge in [-0.1, -0.05) is 12.1 Å². The standard InChI is InChI=1S/C17H24N2O2S/c1-18(2)8-9-19(3)17(20)13-21-10-6-14-4-5-16-15(12-14)7-11-22-16/h4-5,7,11-12H,6,8-10,13H2,1-3H3. The van der Waals surface area contributed by atoms with Crippen molar-refractivity contribution in [3.8, 4) is 0 Å². The smallest absolute Gasteiger partial charge is 0.248 e. The summed E-state index contributed by atoms with van der Waals surface area (Å²) in [7, 11) is 5.82. The number of nitrogens with zero attached hydrogens (tertiary/aromatic N) is 2.